The summed E-state index contributed by atoms with van der Waals surface area (Å²) in [4.78, 5) is 24.2. The molecule has 6 nitrogen and oxygen atoms in total. The number of carboxylic acids is 1. The lowest BCUT2D eigenvalue weighted by Gasteiger charge is -2.21. The molecule has 0 radical (unpaired) electrons. The van der Waals surface area contributed by atoms with Crippen LogP contribution < -0.4 is 14.8 Å². The van der Waals surface area contributed by atoms with E-state index in [2.05, 4.69) is 17.5 Å². The summed E-state index contributed by atoms with van der Waals surface area (Å²) in [6, 6.07) is 9.90. The van der Waals surface area contributed by atoms with Gasteiger partial charge in [-0.3, -0.25) is 9.59 Å². The van der Waals surface area contributed by atoms with Crippen molar-refractivity contribution in [3.63, 3.8) is 0 Å². The number of carbonyl (C=O) groups is 2. The molecule has 0 aliphatic heterocycles. The maximum Gasteiger partial charge on any atom is 0.305 e. The molecule has 1 unspecified atom stereocenters. The number of nitrogens with one attached hydrogen (secondary N) is 1. The van der Waals surface area contributed by atoms with Gasteiger partial charge in [0.15, 0.2) is 0 Å². The number of hydrogen-bond donors (Lipinski definition) is 2. The lowest BCUT2D eigenvalue weighted by atomic mass is 9.95. The van der Waals surface area contributed by atoms with Crippen LogP contribution in [0.3, 0.4) is 0 Å². The van der Waals surface area contributed by atoms with E-state index < -0.39 is 12.0 Å². The van der Waals surface area contributed by atoms with Crippen molar-refractivity contribution in [2.75, 3.05) is 14.2 Å². The van der Waals surface area contributed by atoms with Crippen molar-refractivity contribution < 1.29 is 24.2 Å². The number of amides is 1. The minimum Gasteiger partial charge on any atom is -0.497 e. The number of hydrogen-bond acceptors (Lipinski definition) is 4. The third kappa shape index (κ3) is 4.34. The van der Waals surface area contributed by atoms with Gasteiger partial charge in [-0.05, 0) is 48.2 Å². The predicted octanol–water partition coefficient (Wildman–Crippen LogP) is 3.61. The smallest absolute Gasteiger partial charge is 0.305 e. The van der Waals surface area contributed by atoms with Crippen LogP contribution in [0.15, 0.2) is 42.5 Å². The number of carbonyl (C=O) groups excluding carboxylic acids is 1. The third-order valence-electron chi connectivity index (χ3n) is 4.78. The van der Waals surface area contributed by atoms with Gasteiger partial charge in [0.1, 0.15) is 11.5 Å². The molecule has 1 amide bonds. The van der Waals surface area contributed by atoms with Crippen molar-refractivity contribution in [1.82, 2.24) is 5.32 Å². The van der Waals surface area contributed by atoms with Crippen LogP contribution in [0.5, 0.6) is 11.5 Å². The first-order chi connectivity index (χ1) is 13.5. The molecule has 6 heteroatoms. The Morgan fingerprint density at radius 3 is 2.68 bits per heavy atom. The molecule has 3 rings (SSSR count). The maximum absolute atomic E-state index is 12.8. The molecule has 28 heavy (non-hydrogen) atoms. The fourth-order valence-corrected chi connectivity index (χ4v) is 3.34. The number of carboxylic acid groups (broad SMARTS) is 1. The molecule has 2 N–H and O–H groups in total. The van der Waals surface area contributed by atoms with Crippen LogP contribution in [0.1, 0.15) is 45.9 Å². The van der Waals surface area contributed by atoms with Crippen LogP contribution in [-0.4, -0.2) is 31.2 Å². The fourth-order valence-electron chi connectivity index (χ4n) is 3.34. The predicted molar refractivity (Wildman–Crippen MR) is 106 cm³/mol. The van der Waals surface area contributed by atoms with E-state index in [-0.39, 0.29) is 12.3 Å². The summed E-state index contributed by atoms with van der Waals surface area (Å²) >= 11 is 0. The van der Waals surface area contributed by atoms with Crippen molar-refractivity contribution in [2.45, 2.75) is 25.3 Å². The number of allylic oxidation sites excluding steroid dienone is 1. The fraction of sp³-hybridized carbons (Fsp3) is 0.273. The van der Waals surface area contributed by atoms with Crippen LogP contribution in [0.2, 0.25) is 0 Å². The minimum atomic E-state index is -1.02. The lowest BCUT2D eigenvalue weighted by Crippen LogP contribution is -2.30. The molecule has 0 heterocycles. The number of ether oxygens (including phenoxy) is 2. The SMILES string of the molecule is COc1ccc(C(CC(=O)O)NC(=O)c2ccc3c(c2)CCC=C3)c(OC)c1. The van der Waals surface area contributed by atoms with E-state index in [1.807, 2.05) is 12.1 Å². The average Bonchev–Trinajstić information content (AvgIpc) is 2.72. The standard InChI is InChI=1S/C22H23NO5/c1-27-17-9-10-18(20(12-17)28-2)19(13-21(24)25)23-22(26)16-8-7-14-5-3-4-6-15(14)11-16/h3,5,7-12,19H,4,6,13H2,1-2H3,(H,23,26)(H,24,25). The van der Waals surface area contributed by atoms with Crippen molar-refractivity contribution >= 4 is 18.0 Å². The first-order valence-electron chi connectivity index (χ1n) is 9.06. The molecule has 0 spiro atoms. The van der Waals surface area contributed by atoms with Gasteiger partial charge in [0.2, 0.25) is 0 Å². The zero-order valence-electron chi connectivity index (χ0n) is 15.9. The van der Waals surface area contributed by atoms with E-state index in [1.54, 1.807) is 24.3 Å². The molecule has 0 aromatic heterocycles. The Kier molecular flexibility index (Phi) is 5.99. The molecule has 0 bridgehead atoms. The average molecular weight is 381 g/mol. The van der Waals surface area contributed by atoms with E-state index in [1.165, 1.54) is 14.2 Å². The second kappa shape index (κ2) is 8.61. The molecule has 2 aromatic rings. The van der Waals surface area contributed by atoms with E-state index in [4.69, 9.17) is 9.47 Å². The van der Waals surface area contributed by atoms with E-state index in [9.17, 15) is 14.7 Å². The van der Waals surface area contributed by atoms with Crippen LogP contribution in [0.4, 0.5) is 0 Å². The van der Waals surface area contributed by atoms with Crippen LogP contribution in [-0.2, 0) is 11.2 Å². The minimum absolute atomic E-state index is 0.262. The highest BCUT2D eigenvalue weighted by molar-refractivity contribution is 5.95. The number of aliphatic carboxylic acids is 1. The second-order valence-corrected chi connectivity index (χ2v) is 6.59. The van der Waals surface area contributed by atoms with Gasteiger partial charge in [-0.25, -0.2) is 0 Å². The molecule has 0 saturated heterocycles. The summed E-state index contributed by atoms with van der Waals surface area (Å²) in [5.41, 5.74) is 3.32. The molecule has 1 aliphatic carbocycles. The van der Waals surface area contributed by atoms with Gasteiger partial charge < -0.3 is 19.9 Å². The molecule has 1 atom stereocenters. The van der Waals surface area contributed by atoms with E-state index >= 15 is 0 Å². The van der Waals surface area contributed by atoms with Crippen molar-refractivity contribution in [3.8, 4) is 11.5 Å². The lowest BCUT2D eigenvalue weighted by molar-refractivity contribution is -0.137. The summed E-state index contributed by atoms with van der Waals surface area (Å²) in [6.45, 7) is 0. The molecule has 0 saturated carbocycles. The quantitative estimate of drug-likeness (QED) is 0.765. The molecule has 2 aromatic carbocycles. The van der Waals surface area contributed by atoms with Gasteiger partial charge in [-0.15, -0.1) is 0 Å². The first kappa shape index (κ1) is 19.5. The summed E-state index contributed by atoms with van der Waals surface area (Å²) in [5, 5.41) is 12.2. The van der Waals surface area contributed by atoms with Gasteiger partial charge in [0, 0.05) is 17.2 Å². The maximum atomic E-state index is 12.8. The summed E-state index contributed by atoms with van der Waals surface area (Å²) in [5.74, 6) is -0.287. The second-order valence-electron chi connectivity index (χ2n) is 6.59. The molecular weight excluding hydrogens is 358 g/mol. The normalized spacial score (nSPS) is 13.4. The highest BCUT2D eigenvalue weighted by Crippen LogP contribution is 2.31. The Bertz CT molecular complexity index is 919. The highest BCUT2D eigenvalue weighted by Gasteiger charge is 2.23. The summed E-state index contributed by atoms with van der Waals surface area (Å²) in [7, 11) is 3.03. The number of fused-ring (bicyclic) bond motifs is 1. The van der Waals surface area contributed by atoms with Crippen LogP contribution >= 0.6 is 0 Å². The van der Waals surface area contributed by atoms with Crippen molar-refractivity contribution in [3.05, 3.63) is 64.7 Å². The van der Waals surface area contributed by atoms with E-state index in [0.29, 0.717) is 22.6 Å². The topological polar surface area (TPSA) is 84.9 Å². The van der Waals surface area contributed by atoms with Gasteiger partial charge in [0.05, 0.1) is 26.7 Å². The molecular formula is C22H23NO5. The van der Waals surface area contributed by atoms with Gasteiger partial charge >= 0.3 is 5.97 Å². The highest BCUT2D eigenvalue weighted by atomic mass is 16.5. The van der Waals surface area contributed by atoms with Gasteiger partial charge in [-0.1, -0.05) is 18.2 Å². The zero-order chi connectivity index (χ0) is 20.1. The van der Waals surface area contributed by atoms with Crippen LogP contribution in [0, 0.1) is 0 Å². The summed E-state index contributed by atoms with van der Waals surface area (Å²) in [6.07, 6.45) is 5.74. The van der Waals surface area contributed by atoms with Gasteiger partial charge in [0.25, 0.3) is 5.91 Å². The molecule has 1 aliphatic rings. The third-order valence-corrected chi connectivity index (χ3v) is 4.78. The largest absolute Gasteiger partial charge is 0.497 e. The Hall–Kier alpha value is -3.28. The monoisotopic (exact) mass is 381 g/mol. The number of benzene rings is 2. The first-order valence-corrected chi connectivity index (χ1v) is 9.06. The van der Waals surface area contributed by atoms with Crippen LogP contribution in [0.25, 0.3) is 6.08 Å². The Morgan fingerprint density at radius 2 is 1.96 bits per heavy atom. The molecule has 0 fully saturated rings. The van der Waals surface area contributed by atoms with Crippen molar-refractivity contribution in [2.24, 2.45) is 0 Å². The number of methoxy groups -OCH3 is 2. The number of rotatable bonds is 7. The Balaban J connectivity index is 1.88. The molecule has 146 valence electrons. The van der Waals surface area contributed by atoms with E-state index in [0.717, 1.165) is 24.0 Å². The zero-order valence-corrected chi connectivity index (χ0v) is 15.9. The Labute approximate surface area is 163 Å². The summed E-state index contributed by atoms with van der Waals surface area (Å²) < 4.78 is 10.6. The Morgan fingerprint density at radius 1 is 1.14 bits per heavy atom. The van der Waals surface area contributed by atoms with Crippen molar-refractivity contribution in [1.29, 1.82) is 0 Å². The number of aryl methyl sites for hydroxylation is 1. The van der Waals surface area contributed by atoms with Gasteiger partial charge in [-0.2, -0.15) is 0 Å².